The molecule has 0 heterocycles. The first-order chi connectivity index (χ1) is 30.8. The average molecular weight is 841 g/mol. The van der Waals surface area contributed by atoms with Gasteiger partial charge in [-0.1, -0.05) is 18.2 Å². The fraction of sp³-hybridized carbons (Fsp3) is 0.806. The Morgan fingerprint density at radius 1 is 0.254 bits per heavy atom. The molecule has 0 spiro atoms. The molecule has 0 aromatic heterocycles. The van der Waals surface area contributed by atoms with Gasteiger partial charge in [-0.2, -0.15) is 0 Å². The summed E-state index contributed by atoms with van der Waals surface area (Å²) < 4.78 is 8.40. The van der Waals surface area contributed by atoms with Crippen molar-refractivity contribution in [1.29, 1.82) is 0 Å². The fourth-order valence-electron chi connectivity index (χ4n) is 26.1. The van der Waals surface area contributed by atoms with Gasteiger partial charge in [0, 0.05) is 22.0 Å². The molecule has 0 amide bonds. The molecule has 1 heteroatoms. The summed E-state index contributed by atoms with van der Waals surface area (Å²) in [6.07, 6.45) is 46.4. The number of hydrogen-bond acceptors (Lipinski definition) is 1. The Labute approximate surface area is 381 Å². The van der Waals surface area contributed by atoms with E-state index < -0.39 is 0 Å². The Kier molecular flexibility index (Phi) is 7.37. The van der Waals surface area contributed by atoms with E-state index >= 15 is 0 Å². The lowest BCUT2D eigenvalue weighted by molar-refractivity contribution is -0.0334. The van der Waals surface area contributed by atoms with Crippen LogP contribution in [0.1, 0.15) is 220 Å². The van der Waals surface area contributed by atoms with E-state index in [2.05, 4.69) is 47.0 Å². The van der Waals surface area contributed by atoms with Gasteiger partial charge in [-0.25, -0.2) is 0 Å². The van der Waals surface area contributed by atoms with Crippen LogP contribution in [0.3, 0.4) is 0 Å². The quantitative estimate of drug-likeness (QED) is 0.270. The van der Waals surface area contributed by atoms with Crippen LogP contribution in [-0.2, 0) is 27.1 Å². The Hall–Kier alpha value is -1.76. The lowest BCUT2D eigenvalue weighted by Gasteiger charge is -2.66. The summed E-state index contributed by atoms with van der Waals surface area (Å²) in [5.41, 5.74) is 12.4. The number of rotatable bonds is 7. The zero-order valence-electron chi connectivity index (χ0n) is 39.2. The van der Waals surface area contributed by atoms with Crippen molar-refractivity contribution < 1.29 is 4.74 Å². The third-order valence-electron chi connectivity index (χ3n) is 25.3. The maximum Gasteiger partial charge on any atom is 0.135 e. The van der Waals surface area contributed by atoms with Crippen LogP contribution in [0.2, 0.25) is 0 Å². The molecule has 0 atom stereocenters. The molecule has 0 saturated heterocycles. The Balaban J connectivity index is 1.06. The predicted molar refractivity (Wildman–Crippen MR) is 252 cm³/mol. The van der Waals surface area contributed by atoms with Crippen LogP contribution >= 0.6 is 0 Å². The van der Waals surface area contributed by atoms with Crippen LogP contribution < -0.4 is 4.74 Å². The maximum atomic E-state index is 8.40. The fourth-order valence-corrected chi connectivity index (χ4v) is 26.1. The molecule has 20 aliphatic rings. The molecule has 0 N–H and O–H groups in total. The van der Waals surface area contributed by atoms with Gasteiger partial charge in [-0.05, 0) is 326 Å². The SMILES string of the molecule is c1ccc(Oc2c(C34CC5CC(CC(C5)C3)C4)c(C34CC5CC(CC(C5)C3)C4)c(C34CC5CC(CC(C5)C3)C4)c(C34CC5CC(CC(C5)C3)C4)c2C23CC4CC(CC(C4)C2)C3)cc1. The van der Waals surface area contributed by atoms with Crippen molar-refractivity contribution in [1.82, 2.24) is 0 Å². The van der Waals surface area contributed by atoms with Crippen LogP contribution in [0.25, 0.3) is 0 Å². The first-order valence-corrected chi connectivity index (χ1v) is 28.7. The van der Waals surface area contributed by atoms with Crippen LogP contribution in [-0.4, -0.2) is 0 Å². The van der Waals surface area contributed by atoms with E-state index in [9.17, 15) is 0 Å². The number of ether oxygens (including phenoxy) is 1. The van der Waals surface area contributed by atoms with E-state index in [4.69, 9.17) is 4.74 Å². The molecule has 20 aliphatic carbocycles. The molecular weight excluding hydrogens is 761 g/mol. The molecule has 2 aromatic rings. The maximum absolute atomic E-state index is 8.40. The zero-order chi connectivity index (χ0) is 40.7. The normalized spacial score (nSPS) is 55.1. The van der Waals surface area contributed by atoms with Gasteiger partial charge in [0.15, 0.2) is 0 Å². The van der Waals surface area contributed by atoms with Crippen molar-refractivity contribution in [3.05, 3.63) is 58.1 Å². The first-order valence-electron chi connectivity index (χ1n) is 28.7. The monoisotopic (exact) mass is 841 g/mol. The standard InChI is InChI=1S/C62H80O/c1-2-4-51(5-3-1)63-57-55(61-30-45-15-46(31-61)17-47(16-45)32-61)53(59-24-39-9-40(25-59)11-41(10-39)26-59)52(58-21-36-6-37(22-58)8-38(7-36)23-58)54(60-27-42-12-43(28-60)14-44(13-42)29-60)56(57)62-33-48-18-49(34-62)20-50(19-48)35-62/h1-5,36-50H,6-35H2. The highest BCUT2D eigenvalue weighted by Crippen LogP contribution is 2.76. The van der Waals surface area contributed by atoms with Crippen LogP contribution in [0, 0.1) is 88.8 Å². The van der Waals surface area contributed by atoms with Gasteiger partial charge in [0.2, 0.25) is 0 Å². The van der Waals surface area contributed by atoms with E-state index in [0.29, 0.717) is 27.1 Å². The van der Waals surface area contributed by atoms with E-state index in [1.165, 1.54) is 44.3 Å². The molecule has 20 bridgehead atoms. The molecule has 22 rings (SSSR count). The predicted octanol–water partition coefficient (Wildman–Crippen LogP) is 15.8. The summed E-state index contributed by atoms with van der Waals surface area (Å²) in [6.45, 7) is 0. The molecule has 1 nitrogen and oxygen atoms in total. The third kappa shape index (κ3) is 5.15. The van der Waals surface area contributed by atoms with Gasteiger partial charge in [-0.15, -0.1) is 0 Å². The molecule has 334 valence electrons. The molecule has 20 saturated carbocycles. The minimum absolute atomic E-state index is 0.325. The molecule has 2 aromatic carbocycles. The highest BCUT2D eigenvalue weighted by molar-refractivity contribution is 5.69. The van der Waals surface area contributed by atoms with Gasteiger partial charge >= 0.3 is 0 Å². The number of benzene rings is 2. The molecule has 20 fully saturated rings. The van der Waals surface area contributed by atoms with Crippen LogP contribution in [0.15, 0.2) is 30.3 Å². The molecule has 63 heavy (non-hydrogen) atoms. The third-order valence-corrected chi connectivity index (χ3v) is 25.3. The summed E-state index contributed by atoms with van der Waals surface area (Å²) in [7, 11) is 0. The van der Waals surface area contributed by atoms with Crippen LogP contribution in [0.4, 0.5) is 0 Å². The van der Waals surface area contributed by atoms with Crippen molar-refractivity contribution in [2.45, 2.75) is 220 Å². The second-order valence-corrected chi connectivity index (χ2v) is 29.6. The topological polar surface area (TPSA) is 9.23 Å². The zero-order valence-corrected chi connectivity index (χ0v) is 39.2. The van der Waals surface area contributed by atoms with Gasteiger partial charge < -0.3 is 4.74 Å². The molecule has 0 aliphatic heterocycles. The van der Waals surface area contributed by atoms with Crippen molar-refractivity contribution in [3.8, 4) is 11.5 Å². The molecule has 0 unspecified atom stereocenters. The van der Waals surface area contributed by atoms with Crippen molar-refractivity contribution in [2.75, 3.05) is 0 Å². The highest BCUT2D eigenvalue weighted by atomic mass is 16.5. The summed E-state index contributed by atoms with van der Waals surface area (Å²) in [5.74, 6) is 17.4. The Morgan fingerprint density at radius 2 is 0.444 bits per heavy atom. The minimum Gasteiger partial charge on any atom is -0.457 e. The second-order valence-electron chi connectivity index (χ2n) is 29.6. The summed E-state index contributed by atoms with van der Waals surface area (Å²) in [6, 6.07) is 11.7. The summed E-state index contributed by atoms with van der Waals surface area (Å²) >= 11 is 0. The van der Waals surface area contributed by atoms with Gasteiger partial charge in [-0.3, -0.25) is 0 Å². The van der Waals surface area contributed by atoms with Crippen molar-refractivity contribution in [2.24, 2.45) is 88.8 Å². The molecular formula is C62H80O. The summed E-state index contributed by atoms with van der Waals surface area (Å²) in [5, 5.41) is 0. The van der Waals surface area contributed by atoms with Crippen molar-refractivity contribution >= 4 is 0 Å². The first kappa shape index (κ1) is 37.2. The second kappa shape index (κ2) is 12.5. The Bertz CT molecular complexity index is 1960. The van der Waals surface area contributed by atoms with E-state index in [0.717, 1.165) is 88.8 Å². The van der Waals surface area contributed by atoms with Gasteiger partial charge in [0.05, 0.1) is 0 Å². The van der Waals surface area contributed by atoms with Crippen molar-refractivity contribution in [3.63, 3.8) is 0 Å². The largest absolute Gasteiger partial charge is 0.457 e. The van der Waals surface area contributed by atoms with Gasteiger partial charge in [0.25, 0.3) is 0 Å². The van der Waals surface area contributed by atoms with E-state index in [1.807, 2.05) is 11.1 Å². The lowest BCUT2D eigenvalue weighted by atomic mass is 9.38. The Morgan fingerprint density at radius 3 is 0.667 bits per heavy atom. The van der Waals surface area contributed by atoms with Crippen LogP contribution in [0.5, 0.6) is 11.5 Å². The van der Waals surface area contributed by atoms with E-state index in [1.54, 1.807) is 160 Å². The summed E-state index contributed by atoms with van der Waals surface area (Å²) in [4.78, 5) is 0. The number of para-hydroxylation sites is 1. The smallest absolute Gasteiger partial charge is 0.135 e. The molecule has 0 radical (unpaired) electrons. The minimum atomic E-state index is 0.325. The number of hydrogen-bond donors (Lipinski definition) is 0. The van der Waals surface area contributed by atoms with E-state index in [-0.39, 0.29) is 0 Å². The average Bonchev–Trinajstić information content (AvgIpc) is 3.21. The lowest BCUT2D eigenvalue weighted by Crippen LogP contribution is -2.58. The van der Waals surface area contributed by atoms with Gasteiger partial charge in [0.1, 0.15) is 11.5 Å². The highest BCUT2D eigenvalue weighted by Gasteiger charge is 2.66.